The zero-order valence-corrected chi connectivity index (χ0v) is 15.7. The van der Waals surface area contributed by atoms with E-state index in [-0.39, 0.29) is 24.1 Å². The first kappa shape index (κ1) is 19.9. The maximum Gasteiger partial charge on any atom is 0.306 e. The molecule has 2 rings (SSSR count). The summed E-state index contributed by atoms with van der Waals surface area (Å²) in [6, 6.07) is 16.7. The summed E-state index contributed by atoms with van der Waals surface area (Å²) in [5.74, 6) is -0.156. The fraction of sp³-hybridized carbons (Fsp3) is 0.316. The number of hydrogen-bond donors (Lipinski definition) is 1. The molecule has 0 amide bonds. The van der Waals surface area contributed by atoms with Gasteiger partial charge in [0.2, 0.25) is 0 Å². The summed E-state index contributed by atoms with van der Waals surface area (Å²) in [5.41, 5.74) is 2.05. The Kier molecular flexibility index (Phi) is 7.17. The quantitative estimate of drug-likeness (QED) is 0.534. The minimum Gasteiger partial charge on any atom is -0.469 e. The molecular formula is C19H23NO5S. The van der Waals surface area contributed by atoms with E-state index in [9.17, 15) is 13.2 Å². The van der Waals surface area contributed by atoms with Crippen molar-refractivity contribution in [2.45, 2.75) is 18.9 Å². The fourth-order valence-corrected chi connectivity index (χ4v) is 3.01. The van der Waals surface area contributed by atoms with Crippen LogP contribution in [0, 0.1) is 0 Å². The average molecular weight is 377 g/mol. The van der Waals surface area contributed by atoms with Gasteiger partial charge in [-0.1, -0.05) is 42.5 Å². The fourth-order valence-electron chi connectivity index (χ4n) is 2.55. The van der Waals surface area contributed by atoms with Gasteiger partial charge >= 0.3 is 16.1 Å². The van der Waals surface area contributed by atoms with E-state index < -0.39 is 10.1 Å². The minimum absolute atomic E-state index is 0.0987. The lowest BCUT2D eigenvalue weighted by molar-refractivity contribution is -0.141. The zero-order chi connectivity index (χ0) is 19.0. The van der Waals surface area contributed by atoms with Gasteiger partial charge in [0.15, 0.2) is 0 Å². The van der Waals surface area contributed by atoms with Crippen LogP contribution in [-0.4, -0.2) is 34.3 Å². The van der Waals surface area contributed by atoms with E-state index in [1.807, 2.05) is 30.3 Å². The first-order chi connectivity index (χ1) is 12.4. The van der Waals surface area contributed by atoms with Crippen LogP contribution in [0.3, 0.4) is 0 Å². The Labute approximate surface area is 154 Å². The maximum atomic E-state index is 11.7. The van der Waals surface area contributed by atoms with Gasteiger partial charge in [0, 0.05) is 19.0 Å². The highest BCUT2D eigenvalue weighted by atomic mass is 32.2. The molecule has 1 unspecified atom stereocenters. The van der Waals surface area contributed by atoms with Crippen LogP contribution in [0.1, 0.15) is 23.5 Å². The largest absolute Gasteiger partial charge is 0.469 e. The number of carbonyl (C=O) groups is 1. The molecule has 0 saturated heterocycles. The number of rotatable bonds is 9. The third-order valence-electron chi connectivity index (χ3n) is 3.80. The highest BCUT2D eigenvalue weighted by molar-refractivity contribution is 7.86. The summed E-state index contributed by atoms with van der Waals surface area (Å²) in [7, 11) is -2.20. The third kappa shape index (κ3) is 6.85. The molecule has 0 spiro atoms. The Bertz CT molecular complexity index is 804. The van der Waals surface area contributed by atoms with E-state index in [1.54, 1.807) is 24.3 Å². The lowest BCUT2D eigenvalue weighted by Gasteiger charge is -2.17. The van der Waals surface area contributed by atoms with Crippen LogP contribution in [0.2, 0.25) is 0 Å². The number of nitrogens with one attached hydrogen (secondary N) is 1. The van der Waals surface area contributed by atoms with Gasteiger partial charge in [-0.3, -0.25) is 4.79 Å². The molecule has 7 heteroatoms. The molecule has 26 heavy (non-hydrogen) atoms. The molecule has 140 valence electrons. The van der Waals surface area contributed by atoms with Crippen LogP contribution in [0.4, 0.5) is 0 Å². The molecule has 6 nitrogen and oxygen atoms in total. The van der Waals surface area contributed by atoms with Gasteiger partial charge < -0.3 is 14.2 Å². The number of carbonyl (C=O) groups excluding carboxylic acids is 1. The summed E-state index contributed by atoms with van der Waals surface area (Å²) in [6.07, 6.45) is 1.22. The first-order valence-corrected chi connectivity index (χ1v) is 10.00. The normalized spacial score (nSPS) is 12.4. The van der Waals surface area contributed by atoms with E-state index in [4.69, 9.17) is 8.92 Å². The van der Waals surface area contributed by atoms with Crippen molar-refractivity contribution in [3.8, 4) is 5.75 Å². The molecular weight excluding hydrogens is 354 g/mol. The van der Waals surface area contributed by atoms with Crippen LogP contribution in [-0.2, 0) is 26.2 Å². The van der Waals surface area contributed by atoms with Gasteiger partial charge in [-0.2, -0.15) is 8.42 Å². The van der Waals surface area contributed by atoms with Crippen molar-refractivity contribution in [1.82, 2.24) is 5.32 Å². The summed E-state index contributed by atoms with van der Waals surface area (Å²) in [6.45, 7) is 1.27. The number of benzene rings is 2. The molecule has 0 radical (unpaired) electrons. The molecule has 0 heterocycles. The SMILES string of the molecule is COC(=O)CC(CNCc1ccccc1)c1ccc(OS(C)(=O)=O)cc1. The van der Waals surface area contributed by atoms with Crippen molar-refractivity contribution >= 4 is 16.1 Å². The van der Waals surface area contributed by atoms with Crippen LogP contribution in [0.5, 0.6) is 5.75 Å². The van der Waals surface area contributed by atoms with E-state index in [0.29, 0.717) is 13.1 Å². The number of hydrogen-bond acceptors (Lipinski definition) is 6. The van der Waals surface area contributed by atoms with Crippen LogP contribution in [0.15, 0.2) is 54.6 Å². The summed E-state index contributed by atoms with van der Waals surface area (Å²) in [5, 5.41) is 3.35. The van der Waals surface area contributed by atoms with Crippen molar-refractivity contribution in [3.05, 3.63) is 65.7 Å². The molecule has 0 fully saturated rings. The summed E-state index contributed by atoms with van der Waals surface area (Å²) in [4.78, 5) is 11.7. The summed E-state index contributed by atoms with van der Waals surface area (Å²) >= 11 is 0. The second-order valence-corrected chi connectivity index (χ2v) is 7.53. The molecule has 0 aliphatic rings. The second kappa shape index (κ2) is 9.35. The monoisotopic (exact) mass is 377 g/mol. The molecule has 0 bridgehead atoms. The molecule has 1 atom stereocenters. The molecule has 0 saturated carbocycles. The molecule has 2 aromatic rings. The van der Waals surface area contributed by atoms with Gasteiger partial charge in [-0.25, -0.2) is 0 Å². The van der Waals surface area contributed by atoms with Gasteiger partial charge in [-0.05, 0) is 23.3 Å². The van der Waals surface area contributed by atoms with Crippen molar-refractivity contribution < 1.29 is 22.1 Å². The van der Waals surface area contributed by atoms with Gasteiger partial charge in [0.25, 0.3) is 0 Å². The van der Waals surface area contributed by atoms with Crippen molar-refractivity contribution in [2.24, 2.45) is 0 Å². The van der Waals surface area contributed by atoms with Crippen molar-refractivity contribution in [3.63, 3.8) is 0 Å². The topological polar surface area (TPSA) is 81.7 Å². The second-order valence-electron chi connectivity index (χ2n) is 5.95. The summed E-state index contributed by atoms with van der Waals surface area (Å²) < 4.78 is 32.0. The molecule has 0 aliphatic carbocycles. The Morgan fingerprint density at radius 2 is 1.73 bits per heavy atom. The van der Waals surface area contributed by atoms with Gasteiger partial charge in [0.1, 0.15) is 5.75 Å². The number of methoxy groups -OCH3 is 1. The molecule has 1 N–H and O–H groups in total. The van der Waals surface area contributed by atoms with Gasteiger partial charge in [-0.15, -0.1) is 0 Å². The average Bonchev–Trinajstić information content (AvgIpc) is 2.61. The Balaban J connectivity index is 2.04. The Hall–Kier alpha value is -2.38. The zero-order valence-electron chi connectivity index (χ0n) is 14.8. The van der Waals surface area contributed by atoms with E-state index in [1.165, 1.54) is 7.11 Å². The molecule has 2 aromatic carbocycles. The van der Waals surface area contributed by atoms with Crippen molar-refractivity contribution in [2.75, 3.05) is 19.9 Å². The van der Waals surface area contributed by atoms with E-state index >= 15 is 0 Å². The Morgan fingerprint density at radius 3 is 2.31 bits per heavy atom. The Morgan fingerprint density at radius 1 is 1.08 bits per heavy atom. The number of ether oxygens (including phenoxy) is 1. The highest BCUT2D eigenvalue weighted by Gasteiger charge is 2.17. The minimum atomic E-state index is -3.56. The predicted molar refractivity (Wildman–Crippen MR) is 99.4 cm³/mol. The predicted octanol–water partition coefficient (Wildman–Crippen LogP) is 2.46. The van der Waals surface area contributed by atoms with E-state index in [0.717, 1.165) is 17.4 Å². The van der Waals surface area contributed by atoms with Crippen molar-refractivity contribution in [1.29, 1.82) is 0 Å². The number of esters is 1. The van der Waals surface area contributed by atoms with E-state index in [2.05, 4.69) is 5.32 Å². The standard InChI is InChI=1S/C19H23NO5S/c1-24-19(21)12-17(14-20-13-15-6-4-3-5-7-15)16-8-10-18(11-9-16)25-26(2,22)23/h3-11,17,20H,12-14H2,1-2H3. The molecule has 0 aromatic heterocycles. The maximum absolute atomic E-state index is 11.7. The smallest absolute Gasteiger partial charge is 0.306 e. The lowest BCUT2D eigenvalue weighted by atomic mass is 9.95. The van der Waals surface area contributed by atoms with Crippen LogP contribution in [0.25, 0.3) is 0 Å². The third-order valence-corrected chi connectivity index (χ3v) is 4.30. The molecule has 0 aliphatic heterocycles. The highest BCUT2D eigenvalue weighted by Crippen LogP contribution is 2.23. The first-order valence-electron chi connectivity index (χ1n) is 8.18. The van der Waals surface area contributed by atoms with Gasteiger partial charge in [0.05, 0.1) is 19.8 Å². The lowest BCUT2D eigenvalue weighted by Crippen LogP contribution is -2.23. The van der Waals surface area contributed by atoms with Crippen LogP contribution >= 0.6 is 0 Å². The van der Waals surface area contributed by atoms with Crippen LogP contribution < -0.4 is 9.50 Å².